The molecule has 4 heteroatoms. The highest BCUT2D eigenvalue weighted by molar-refractivity contribution is 8.27. The zero-order chi connectivity index (χ0) is 51.7. The molecule has 0 aliphatic carbocycles. The van der Waals surface area contributed by atoms with Crippen LogP contribution in [0.3, 0.4) is 0 Å². The van der Waals surface area contributed by atoms with Crippen LogP contribution in [-0.4, -0.2) is 21.6 Å². The molecule has 73 heavy (non-hydrogen) atoms. The molecule has 0 N–H and O–H groups in total. The maximum atomic E-state index is 5.85. The molecule has 0 amide bonds. The Bertz CT molecular complexity index is 3110. The molecular formula is C69H72N2S2. The molecule has 9 rings (SSSR count). The van der Waals surface area contributed by atoms with Crippen molar-refractivity contribution in [2.24, 2.45) is 9.98 Å². The number of benzene rings is 8. The molecule has 0 bridgehead atoms. The molecule has 8 aromatic carbocycles. The van der Waals surface area contributed by atoms with E-state index in [-0.39, 0.29) is 21.7 Å². The summed E-state index contributed by atoms with van der Waals surface area (Å²) in [6, 6.07) is 67.9. The molecule has 1 aliphatic rings. The fourth-order valence-electron chi connectivity index (χ4n) is 9.59. The van der Waals surface area contributed by atoms with Crippen molar-refractivity contribution in [2.45, 2.75) is 111 Å². The number of nitrogens with zero attached hydrogens (tertiary/aromatic N) is 2. The molecule has 1 aliphatic heterocycles. The third-order valence-corrected chi connectivity index (χ3v) is 16.5. The number of thioether (sulfide) groups is 2. The highest BCUT2D eigenvalue weighted by atomic mass is 32.2. The van der Waals surface area contributed by atoms with Crippen molar-refractivity contribution < 1.29 is 0 Å². The van der Waals surface area contributed by atoms with Crippen LogP contribution in [0.4, 0.5) is 5.69 Å². The van der Waals surface area contributed by atoms with Crippen LogP contribution in [0.5, 0.6) is 0 Å². The first-order valence-corrected chi connectivity index (χ1v) is 28.0. The number of aliphatic imine (C=N–C) groups is 2. The fraction of sp³-hybridized carbons (Fsp3) is 0.275. The molecule has 0 saturated carbocycles. The van der Waals surface area contributed by atoms with Crippen LogP contribution in [-0.2, 0) is 28.2 Å². The Morgan fingerprint density at radius 1 is 0.329 bits per heavy atom. The van der Waals surface area contributed by atoms with Gasteiger partial charge in [-0.1, -0.05) is 241 Å². The summed E-state index contributed by atoms with van der Waals surface area (Å²) in [5.41, 5.74) is 21.6. The largest absolute Gasteiger partial charge is 0.271 e. The standard InChI is InChI=1S/C69H72N2S2/c1-66(2,3)54-31-23-48(24-32-54)58-41-52(46-19-15-13-16-20-46)42-59(49-25-33-55(34-26-49)67(4,5)6)62(58)45-70-64-65(73-40-39-72-64)71-63-60(50-27-35-56(36-28-50)68(7,8)9)43-53(47-21-17-14-18-22-47)44-61(63)51-29-37-57(38-30-51)69(10,11)12/h13-38,41-44H,39-40,45H2,1-12H3. The zero-order valence-corrected chi connectivity index (χ0v) is 46.8. The lowest BCUT2D eigenvalue weighted by Crippen LogP contribution is -2.15. The molecule has 1 heterocycles. The molecule has 1 saturated heterocycles. The molecule has 0 radical (unpaired) electrons. The maximum absolute atomic E-state index is 5.85. The van der Waals surface area contributed by atoms with Crippen LogP contribution in [0, 0.1) is 0 Å². The lowest BCUT2D eigenvalue weighted by Gasteiger charge is -2.23. The van der Waals surface area contributed by atoms with Crippen LogP contribution < -0.4 is 0 Å². The Morgan fingerprint density at radius 3 is 0.959 bits per heavy atom. The summed E-state index contributed by atoms with van der Waals surface area (Å²) in [6.45, 7) is 27.9. The number of rotatable bonds is 9. The molecule has 370 valence electrons. The van der Waals surface area contributed by atoms with E-state index >= 15 is 0 Å². The van der Waals surface area contributed by atoms with Gasteiger partial charge in [0.1, 0.15) is 10.1 Å². The van der Waals surface area contributed by atoms with Crippen LogP contribution >= 0.6 is 23.5 Å². The van der Waals surface area contributed by atoms with E-state index in [1.807, 2.05) is 23.5 Å². The molecule has 8 aromatic rings. The first-order chi connectivity index (χ1) is 34.7. The van der Waals surface area contributed by atoms with E-state index in [2.05, 4.69) is 265 Å². The summed E-state index contributed by atoms with van der Waals surface area (Å²) in [4.78, 5) is 11.5. The van der Waals surface area contributed by atoms with Crippen molar-refractivity contribution in [3.05, 3.63) is 210 Å². The molecule has 1 fully saturated rings. The van der Waals surface area contributed by atoms with E-state index in [0.29, 0.717) is 6.54 Å². The van der Waals surface area contributed by atoms with Gasteiger partial charge in [-0.2, -0.15) is 0 Å². The Balaban J connectivity index is 1.26. The molecule has 0 unspecified atom stereocenters. The van der Waals surface area contributed by atoms with Crippen molar-refractivity contribution in [2.75, 3.05) is 11.5 Å². The predicted molar refractivity (Wildman–Crippen MR) is 323 cm³/mol. The van der Waals surface area contributed by atoms with Gasteiger partial charge < -0.3 is 0 Å². The van der Waals surface area contributed by atoms with Gasteiger partial charge in [-0.25, -0.2) is 4.99 Å². The van der Waals surface area contributed by atoms with Gasteiger partial charge in [-0.15, -0.1) is 23.5 Å². The van der Waals surface area contributed by atoms with Crippen LogP contribution in [0.2, 0.25) is 0 Å². The van der Waals surface area contributed by atoms with E-state index < -0.39 is 0 Å². The normalized spacial score (nSPS) is 14.7. The Hall–Kier alpha value is -6.20. The van der Waals surface area contributed by atoms with Crippen molar-refractivity contribution in [1.82, 2.24) is 0 Å². The molecular weight excluding hydrogens is 921 g/mol. The van der Waals surface area contributed by atoms with E-state index in [4.69, 9.17) is 9.98 Å². The van der Waals surface area contributed by atoms with Gasteiger partial charge in [0, 0.05) is 22.6 Å². The minimum Gasteiger partial charge on any atom is -0.271 e. The minimum absolute atomic E-state index is 0.0299. The Labute approximate surface area is 446 Å². The van der Waals surface area contributed by atoms with Crippen LogP contribution in [0.1, 0.15) is 111 Å². The molecule has 0 atom stereocenters. The Kier molecular flexibility index (Phi) is 14.8. The first kappa shape index (κ1) is 51.7. The topological polar surface area (TPSA) is 24.7 Å². The third-order valence-electron chi connectivity index (χ3n) is 14.2. The number of hydrogen-bond acceptors (Lipinski definition) is 4. The van der Waals surface area contributed by atoms with Gasteiger partial charge in [0.15, 0.2) is 0 Å². The van der Waals surface area contributed by atoms with Crippen molar-refractivity contribution >= 4 is 39.3 Å². The Morgan fingerprint density at radius 2 is 0.630 bits per heavy atom. The van der Waals surface area contributed by atoms with E-state index in [0.717, 1.165) is 49.5 Å². The van der Waals surface area contributed by atoms with Crippen LogP contribution in [0.15, 0.2) is 192 Å². The molecule has 0 spiro atoms. The van der Waals surface area contributed by atoms with Gasteiger partial charge in [-0.3, -0.25) is 4.99 Å². The summed E-state index contributed by atoms with van der Waals surface area (Å²) in [5, 5.41) is 1.96. The highest BCUT2D eigenvalue weighted by Gasteiger charge is 2.25. The summed E-state index contributed by atoms with van der Waals surface area (Å²) < 4.78 is 0. The van der Waals surface area contributed by atoms with Gasteiger partial charge in [0.05, 0.1) is 12.2 Å². The summed E-state index contributed by atoms with van der Waals surface area (Å²) in [7, 11) is 0. The lowest BCUT2D eigenvalue weighted by molar-refractivity contribution is 0.590. The van der Waals surface area contributed by atoms with E-state index in [9.17, 15) is 0 Å². The first-order valence-electron chi connectivity index (χ1n) is 26.0. The van der Waals surface area contributed by atoms with Gasteiger partial charge in [0.2, 0.25) is 0 Å². The fourth-order valence-corrected chi connectivity index (χ4v) is 11.7. The monoisotopic (exact) mass is 993 g/mol. The van der Waals surface area contributed by atoms with Gasteiger partial charge >= 0.3 is 0 Å². The average Bonchev–Trinajstić information content (AvgIpc) is 3.38. The zero-order valence-electron chi connectivity index (χ0n) is 45.2. The minimum atomic E-state index is 0.0299. The second kappa shape index (κ2) is 21.0. The second-order valence-electron chi connectivity index (χ2n) is 23.7. The smallest absolute Gasteiger partial charge is 0.129 e. The molecule has 0 aromatic heterocycles. The van der Waals surface area contributed by atoms with E-state index in [1.54, 1.807) is 0 Å². The maximum Gasteiger partial charge on any atom is 0.129 e. The summed E-state index contributed by atoms with van der Waals surface area (Å²) in [5.74, 6) is 1.92. The van der Waals surface area contributed by atoms with Crippen molar-refractivity contribution in [3.8, 4) is 66.8 Å². The SMILES string of the molecule is CC(C)(C)c1ccc(-c2cc(-c3ccccc3)cc(-c3ccc(C(C)(C)C)cc3)c2CN=C2SCCSC2=Nc2c(-c3ccc(C(C)(C)C)cc3)cc(-c3ccccc3)cc2-c2ccc(C(C)(C)C)cc2)cc1. The van der Waals surface area contributed by atoms with Crippen molar-refractivity contribution in [1.29, 1.82) is 0 Å². The lowest BCUT2D eigenvalue weighted by atomic mass is 9.83. The number of hydrogen-bond donors (Lipinski definition) is 0. The van der Waals surface area contributed by atoms with Crippen molar-refractivity contribution in [3.63, 3.8) is 0 Å². The second-order valence-corrected chi connectivity index (χ2v) is 25.9. The predicted octanol–water partition coefficient (Wildman–Crippen LogP) is 20.0. The van der Waals surface area contributed by atoms with Crippen LogP contribution in [0.25, 0.3) is 66.8 Å². The molecule has 2 nitrogen and oxygen atoms in total. The quantitative estimate of drug-likeness (QED) is 0.144. The average molecular weight is 993 g/mol. The highest BCUT2D eigenvalue weighted by Crippen LogP contribution is 2.46. The summed E-state index contributed by atoms with van der Waals surface area (Å²) >= 11 is 3.66. The van der Waals surface area contributed by atoms with E-state index in [1.165, 1.54) is 72.3 Å². The van der Waals surface area contributed by atoms with Gasteiger partial charge in [0.25, 0.3) is 0 Å². The van der Waals surface area contributed by atoms with Gasteiger partial charge in [-0.05, 0) is 129 Å². The summed E-state index contributed by atoms with van der Waals surface area (Å²) in [6.07, 6.45) is 0. The third kappa shape index (κ3) is 11.9.